The van der Waals surface area contributed by atoms with Gasteiger partial charge in [0.25, 0.3) is 0 Å². The summed E-state index contributed by atoms with van der Waals surface area (Å²) in [5.41, 5.74) is 0. The highest BCUT2D eigenvalue weighted by Gasteiger charge is 2.77. The summed E-state index contributed by atoms with van der Waals surface area (Å²) in [4.78, 5) is 46.2. The van der Waals surface area contributed by atoms with Crippen molar-refractivity contribution in [1.29, 1.82) is 0 Å². The third-order valence-corrected chi connectivity index (χ3v) is 11.3. The number of fused-ring (bicyclic) bond motifs is 1. The summed E-state index contributed by atoms with van der Waals surface area (Å²) in [6.07, 6.45) is 10.7. The summed E-state index contributed by atoms with van der Waals surface area (Å²) in [7, 11) is 0. The summed E-state index contributed by atoms with van der Waals surface area (Å²) in [5, 5.41) is 10.5. The fraction of sp³-hybridized carbons (Fsp3) is 0.767. The van der Waals surface area contributed by atoms with Gasteiger partial charge in [-0.05, 0) is 43.9 Å². The van der Waals surface area contributed by atoms with E-state index in [0.717, 1.165) is 32.1 Å². The topological polar surface area (TPSA) is 87.1 Å². The van der Waals surface area contributed by atoms with Crippen LogP contribution >= 0.6 is 11.8 Å². The van der Waals surface area contributed by atoms with Gasteiger partial charge < -0.3 is 19.6 Å². The molecular formula is C30H46N2O5S. The molecule has 1 aliphatic carbocycles. The molecule has 38 heavy (non-hydrogen) atoms. The molecule has 1 saturated carbocycles. The lowest BCUT2D eigenvalue weighted by atomic mass is 9.66. The summed E-state index contributed by atoms with van der Waals surface area (Å²) in [6, 6.07) is -1.07. The fourth-order valence-corrected chi connectivity index (χ4v) is 10.1. The van der Waals surface area contributed by atoms with Crippen molar-refractivity contribution in [1.82, 2.24) is 9.80 Å². The Bertz CT molecular complexity index is 918. The van der Waals surface area contributed by atoms with Gasteiger partial charge in [-0.2, -0.15) is 0 Å². The van der Waals surface area contributed by atoms with Crippen molar-refractivity contribution in [2.75, 3.05) is 19.8 Å². The molecule has 1 N–H and O–H groups in total. The molecule has 8 heteroatoms. The summed E-state index contributed by atoms with van der Waals surface area (Å²) < 4.78 is 4.91. The van der Waals surface area contributed by atoms with Crippen LogP contribution < -0.4 is 0 Å². The van der Waals surface area contributed by atoms with Gasteiger partial charge in [0.15, 0.2) is 0 Å². The molecule has 4 rings (SSSR count). The van der Waals surface area contributed by atoms with Gasteiger partial charge in [0.2, 0.25) is 11.8 Å². The Labute approximate surface area is 232 Å². The number of likely N-dealkylation sites (tertiary alicyclic amines) is 1. The Morgan fingerprint density at radius 2 is 1.95 bits per heavy atom. The number of aliphatic hydroxyl groups is 1. The number of nitrogens with zero attached hydrogens (tertiary/aromatic N) is 2. The first-order chi connectivity index (χ1) is 18.2. The largest absolute Gasteiger partial charge is 0.465 e. The van der Waals surface area contributed by atoms with Crippen LogP contribution in [0.1, 0.15) is 72.1 Å². The van der Waals surface area contributed by atoms with E-state index in [1.807, 2.05) is 4.90 Å². The van der Waals surface area contributed by atoms with E-state index in [4.69, 9.17) is 4.74 Å². The predicted octanol–water partition coefficient (Wildman–Crippen LogP) is 4.20. The minimum atomic E-state index is -0.714. The maximum absolute atomic E-state index is 14.7. The number of amides is 2. The molecule has 7 nitrogen and oxygen atoms in total. The molecule has 3 heterocycles. The molecule has 3 aliphatic heterocycles. The van der Waals surface area contributed by atoms with Crippen LogP contribution in [0.25, 0.3) is 0 Å². The number of aliphatic hydroxyl groups excluding tert-OH is 1. The van der Waals surface area contributed by atoms with Crippen LogP contribution in [0.3, 0.4) is 0 Å². The number of hydrogen-bond donors (Lipinski definition) is 1. The Morgan fingerprint density at radius 3 is 2.55 bits per heavy atom. The zero-order chi connectivity index (χ0) is 27.6. The van der Waals surface area contributed by atoms with Crippen LogP contribution in [0.4, 0.5) is 0 Å². The van der Waals surface area contributed by atoms with E-state index >= 15 is 0 Å². The van der Waals surface area contributed by atoms with E-state index in [1.54, 1.807) is 28.8 Å². The molecule has 3 saturated heterocycles. The molecule has 4 aliphatic rings. The Kier molecular flexibility index (Phi) is 9.34. The van der Waals surface area contributed by atoms with Gasteiger partial charge in [-0.15, -0.1) is 24.9 Å². The minimum Gasteiger partial charge on any atom is -0.465 e. The average Bonchev–Trinajstić information content (AvgIpc) is 3.49. The first kappa shape index (κ1) is 29.2. The van der Waals surface area contributed by atoms with Gasteiger partial charge in [-0.25, -0.2) is 0 Å². The van der Waals surface area contributed by atoms with Gasteiger partial charge in [-0.1, -0.05) is 52.2 Å². The molecule has 1 spiro atoms. The SMILES string of the molecule is C=CCCOC(=O)[C@@H]1[C@H]2C(=O)N([C@@H](CO)CC(C)C)C(C(=O)N(CC=C)C3CCCCC3)C23S[C@@H]1CC3C. The van der Waals surface area contributed by atoms with Gasteiger partial charge >= 0.3 is 5.97 Å². The zero-order valence-corrected chi connectivity index (χ0v) is 24.2. The molecule has 2 bridgehead atoms. The van der Waals surface area contributed by atoms with Crippen molar-refractivity contribution >= 4 is 29.5 Å². The van der Waals surface area contributed by atoms with Crippen LogP contribution in [0.2, 0.25) is 0 Å². The number of carbonyl (C=O) groups excluding carboxylic acids is 3. The van der Waals surface area contributed by atoms with Crippen molar-refractivity contribution in [3.63, 3.8) is 0 Å². The van der Waals surface area contributed by atoms with Crippen LogP contribution in [-0.4, -0.2) is 80.6 Å². The van der Waals surface area contributed by atoms with Crippen LogP contribution in [0.15, 0.2) is 25.3 Å². The average molecular weight is 547 g/mol. The molecule has 4 fully saturated rings. The summed E-state index contributed by atoms with van der Waals surface area (Å²) in [5.74, 6) is -1.44. The third-order valence-electron chi connectivity index (χ3n) is 9.23. The molecule has 0 radical (unpaired) electrons. The molecule has 7 atom stereocenters. The normalized spacial score (nSPS) is 33.3. The van der Waals surface area contributed by atoms with Crippen molar-refractivity contribution in [3.8, 4) is 0 Å². The number of carbonyl (C=O) groups is 3. The van der Waals surface area contributed by atoms with E-state index in [1.165, 1.54) is 6.42 Å². The maximum Gasteiger partial charge on any atom is 0.310 e. The molecule has 2 amide bonds. The minimum absolute atomic E-state index is 0.0458. The van der Waals surface area contributed by atoms with Gasteiger partial charge in [0, 0.05) is 17.8 Å². The van der Waals surface area contributed by atoms with Crippen molar-refractivity contribution in [2.24, 2.45) is 23.7 Å². The first-order valence-corrected chi connectivity index (χ1v) is 15.4. The smallest absolute Gasteiger partial charge is 0.310 e. The number of hydrogen-bond acceptors (Lipinski definition) is 6. The molecule has 0 aromatic heterocycles. The number of thioether (sulfide) groups is 1. The van der Waals surface area contributed by atoms with Crippen molar-refractivity contribution < 1.29 is 24.2 Å². The van der Waals surface area contributed by atoms with Gasteiger partial charge in [0.05, 0.1) is 35.8 Å². The summed E-state index contributed by atoms with van der Waals surface area (Å²) >= 11 is 1.67. The second kappa shape index (κ2) is 12.2. The van der Waals surface area contributed by atoms with E-state index in [9.17, 15) is 19.5 Å². The molecule has 212 valence electrons. The van der Waals surface area contributed by atoms with Crippen LogP contribution in [0, 0.1) is 23.7 Å². The van der Waals surface area contributed by atoms with Crippen molar-refractivity contribution in [3.05, 3.63) is 25.3 Å². The Hall–Kier alpha value is -1.80. The second-order valence-electron chi connectivity index (χ2n) is 12.1. The highest BCUT2D eigenvalue weighted by Crippen LogP contribution is 2.69. The van der Waals surface area contributed by atoms with E-state index < -0.39 is 28.7 Å². The number of rotatable bonds is 12. The Morgan fingerprint density at radius 1 is 1.24 bits per heavy atom. The molecule has 3 unspecified atom stereocenters. The predicted molar refractivity (Wildman–Crippen MR) is 150 cm³/mol. The van der Waals surface area contributed by atoms with E-state index in [2.05, 4.69) is 33.9 Å². The lowest BCUT2D eigenvalue weighted by Gasteiger charge is -2.44. The summed E-state index contributed by atoms with van der Waals surface area (Å²) in [6.45, 7) is 14.4. The highest BCUT2D eigenvalue weighted by molar-refractivity contribution is 8.02. The number of esters is 1. The third kappa shape index (κ3) is 4.96. The first-order valence-electron chi connectivity index (χ1n) is 14.5. The van der Waals surface area contributed by atoms with Crippen LogP contribution in [0.5, 0.6) is 0 Å². The highest BCUT2D eigenvalue weighted by atomic mass is 32.2. The van der Waals surface area contributed by atoms with Gasteiger partial charge in [0.1, 0.15) is 6.04 Å². The second-order valence-corrected chi connectivity index (χ2v) is 13.6. The molecule has 0 aromatic carbocycles. The maximum atomic E-state index is 14.7. The van der Waals surface area contributed by atoms with E-state index in [-0.39, 0.29) is 54.1 Å². The molecule has 0 aromatic rings. The lowest BCUT2D eigenvalue weighted by Crippen LogP contribution is -2.60. The van der Waals surface area contributed by atoms with Crippen molar-refractivity contribution in [2.45, 2.75) is 100 Å². The lowest BCUT2D eigenvalue weighted by molar-refractivity contribution is -0.155. The standard InChI is InChI=1S/C30H46N2O5S/c1-6-8-15-37-29(36)24-23-17-20(5)30(38-23)25(24)27(34)32(22(18-33)16-19(3)4)26(30)28(35)31(14-7-2)21-12-10-9-11-13-21/h6-7,19-26,33H,1-2,8-18H2,3-5H3/t20?,22-,23-,24+,25+,26?,30?/m1/s1. The zero-order valence-electron chi connectivity index (χ0n) is 23.3. The Balaban J connectivity index is 1.77. The quantitative estimate of drug-likeness (QED) is 0.224. The fourth-order valence-electron chi connectivity index (χ4n) is 7.67. The molecular weight excluding hydrogens is 500 g/mol. The van der Waals surface area contributed by atoms with Crippen LogP contribution in [-0.2, 0) is 19.1 Å². The monoisotopic (exact) mass is 546 g/mol. The van der Waals surface area contributed by atoms with E-state index in [0.29, 0.717) is 19.4 Å². The van der Waals surface area contributed by atoms with Gasteiger partial charge in [-0.3, -0.25) is 14.4 Å². The number of ether oxygens (including phenoxy) is 1.